The van der Waals surface area contributed by atoms with Crippen LogP contribution in [-0.4, -0.2) is 52.8 Å². The molecule has 2 heterocycles. The third-order valence-corrected chi connectivity index (χ3v) is 5.66. The lowest BCUT2D eigenvalue weighted by molar-refractivity contribution is -0.136. The van der Waals surface area contributed by atoms with Gasteiger partial charge in [0.2, 0.25) is 11.8 Å². The fourth-order valence-corrected chi connectivity index (χ4v) is 4.33. The van der Waals surface area contributed by atoms with Gasteiger partial charge in [0.15, 0.2) is 0 Å². The van der Waals surface area contributed by atoms with Crippen LogP contribution in [-0.2, 0) is 16.0 Å². The summed E-state index contributed by atoms with van der Waals surface area (Å²) in [7, 11) is 0. The fraction of sp³-hybridized carbons (Fsp3) is 0.565. The number of aromatic amines is 1. The van der Waals surface area contributed by atoms with Gasteiger partial charge in [0.05, 0.1) is 5.92 Å². The Labute approximate surface area is 178 Å². The highest BCUT2D eigenvalue weighted by molar-refractivity contribution is 6.31. The molecule has 1 fully saturated rings. The van der Waals surface area contributed by atoms with Gasteiger partial charge in [-0.05, 0) is 42.0 Å². The number of likely N-dealkylation sites (tertiary alicyclic amines) is 1. The lowest BCUT2D eigenvalue weighted by atomic mass is 10.0. The molecule has 1 aromatic heterocycles. The number of hydrogen-bond donors (Lipinski definition) is 1. The molecule has 1 unspecified atom stereocenters. The highest BCUT2D eigenvalue weighted by atomic mass is 35.5. The number of rotatable bonds is 8. The molecular formula is C23H32ClN3O2. The van der Waals surface area contributed by atoms with Crippen molar-refractivity contribution in [3.63, 3.8) is 0 Å². The number of nitrogens with zero attached hydrogens (tertiary/aromatic N) is 2. The molecule has 0 bridgehead atoms. The minimum absolute atomic E-state index is 0.0790. The van der Waals surface area contributed by atoms with Gasteiger partial charge in [-0.25, -0.2) is 0 Å². The molecule has 1 N–H and O–H groups in total. The summed E-state index contributed by atoms with van der Waals surface area (Å²) in [5, 5.41) is 1.80. The van der Waals surface area contributed by atoms with Crippen molar-refractivity contribution in [3.05, 3.63) is 35.0 Å². The molecule has 1 aromatic carbocycles. The summed E-state index contributed by atoms with van der Waals surface area (Å²) >= 11 is 6.13. The van der Waals surface area contributed by atoms with Gasteiger partial charge in [0.25, 0.3) is 0 Å². The Morgan fingerprint density at radius 3 is 2.59 bits per heavy atom. The predicted octanol–water partition coefficient (Wildman–Crippen LogP) is 4.35. The Balaban J connectivity index is 1.63. The highest BCUT2D eigenvalue weighted by Gasteiger charge is 2.36. The molecule has 3 rings (SSSR count). The molecule has 0 spiro atoms. The second-order valence-electron chi connectivity index (χ2n) is 9.03. The van der Waals surface area contributed by atoms with Crippen LogP contribution in [0.25, 0.3) is 10.9 Å². The average molecular weight is 418 g/mol. The van der Waals surface area contributed by atoms with E-state index in [1.54, 1.807) is 0 Å². The molecule has 29 heavy (non-hydrogen) atoms. The Bertz CT molecular complexity index is 864. The van der Waals surface area contributed by atoms with Gasteiger partial charge in [-0.3, -0.25) is 9.59 Å². The summed E-state index contributed by atoms with van der Waals surface area (Å²) in [5.74, 6) is 0.814. The van der Waals surface area contributed by atoms with Crippen molar-refractivity contribution in [2.75, 3.05) is 26.2 Å². The fourth-order valence-electron chi connectivity index (χ4n) is 4.16. The summed E-state index contributed by atoms with van der Waals surface area (Å²) in [4.78, 5) is 32.7. The molecule has 6 heteroatoms. The molecular weight excluding hydrogens is 386 g/mol. The van der Waals surface area contributed by atoms with Crippen LogP contribution in [0.3, 0.4) is 0 Å². The number of benzene rings is 1. The topological polar surface area (TPSA) is 56.4 Å². The zero-order chi connectivity index (χ0) is 21.1. The van der Waals surface area contributed by atoms with Gasteiger partial charge >= 0.3 is 0 Å². The van der Waals surface area contributed by atoms with Crippen LogP contribution in [0.4, 0.5) is 0 Å². The number of carbonyl (C=O) groups is 2. The van der Waals surface area contributed by atoms with Crippen molar-refractivity contribution in [2.45, 2.75) is 40.5 Å². The van der Waals surface area contributed by atoms with E-state index in [-0.39, 0.29) is 17.7 Å². The maximum Gasteiger partial charge on any atom is 0.228 e. The van der Waals surface area contributed by atoms with E-state index in [1.807, 2.05) is 34.2 Å². The maximum absolute atomic E-state index is 13.1. The molecule has 1 saturated heterocycles. The molecule has 2 amide bonds. The van der Waals surface area contributed by atoms with Crippen LogP contribution in [0.5, 0.6) is 0 Å². The number of hydrogen-bond acceptors (Lipinski definition) is 2. The van der Waals surface area contributed by atoms with Crippen LogP contribution < -0.4 is 0 Å². The number of H-pyrrole nitrogens is 1. The molecule has 2 aromatic rings. The Morgan fingerprint density at radius 1 is 1.24 bits per heavy atom. The molecule has 1 aliphatic rings. The zero-order valence-corrected chi connectivity index (χ0v) is 18.6. The zero-order valence-electron chi connectivity index (χ0n) is 17.9. The van der Waals surface area contributed by atoms with E-state index in [9.17, 15) is 9.59 Å². The number of amides is 2. The van der Waals surface area contributed by atoms with Gasteiger partial charge in [-0.2, -0.15) is 0 Å². The van der Waals surface area contributed by atoms with E-state index in [0.29, 0.717) is 36.4 Å². The van der Waals surface area contributed by atoms with E-state index in [4.69, 9.17) is 11.6 Å². The van der Waals surface area contributed by atoms with Crippen molar-refractivity contribution in [2.24, 2.45) is 17.8 Å². The third-order valence-electron chi connectivity index (χ3n) is 5.43. The molecule has 0 aliphatic carbocycles. The summed E-state index contributed by atoms with van der Waals surface area (Å²) < 4.78 is 0. The van der Waals surface area contributed by atoms with Gasteiger partial charge in [-0.1, -0.05) is 39.3 Å². The number of halogens is 1. The van der Waals surface area contributed by atoms with Crippen molar-refractivity contribution >= 4 is 34.3 Å². The lowest BCUT2D eigenvalue weighted by Gasteiger charge is -2.28. The second kappa shape index (κ2) is 9.21. The first-order valence-corrected chi connectivity index (χ1v) is 10.9. The van der Waals surface area contributed by atoms with Crippen LogP contribution in [0, 0.1) is 17.8 Å². The van der Waals surface area contributed by atoms with E-state index >= 15 is 0 Å². The van der Waals surface area contributed by atoms with E-state index in [0.717, 1.165) is 36.0 Å². The molecule has 0 radical (unpaired) electrons. The van der Waals surface area contributed by atoms with Crippen LogP contribution in [0.2, 0.25) is 5.02 Å². The summed E-state index contributed by atoms with van der Waals surface area (Å²) in [6.07, 6.45) is 3.05. The van der Waals surface area contributed by atoms with Crippen molar-refractivity contribution < 1.29 is 9.59 Å². The molecule has 5 nitrogen and oxygen atoms in total. The van der Waals surface area contributed by atoms with E-state index in [1.165, 1.54) is 0 Å². The van der Waals surface area contributed by atoms with Gasteiger partial charge < -0.3 is 14.8 Å². The minimum atomic E-state index is -0.225. The lowest BCUT2D eigenvalue weighted by Crippen LogP contribution is -2.41. The second-order valence-corrected chi connectivity index (χ2v) is 9.46. The molecule has 1 aliphatic heterocycles. The van der Waals surface area contributed by atoms with Crippen molar-refractivity contribution in [3.8, 4) is 0 Å². The van der Waals surface area contributed by atoms with Gasteiger partial charge in [0.1, 0.15) is 0 Å². The largest absolute Gasteiger partial charge is 0.361 e. The van der Waals surface area contributed by atoms with Crippen LogP contribution in [0.1, 0.15) is 39.7 Å². The standard InChI is InChI=1S/C23H32ClN3O2/c1-15(2)12-27(13-16(3)4)23(29)18-9-22(28)26(14-18)8-7-17-11-25-21-6-5-19(24)10-20(17)21/h5-6,10-11,15-16,18,25H,7-9,12-14H2,1-4H3. The van der Waals surface area contributed by atoms with Crippen molar-refractivity contribution in [1.82, 2.24) is 14.8 Å². The first-order chi connectivity index (χ1) is 13.7. The first kappa shape index (κ1) is 21.7. The predicted molar refractivity (Wildman–Crippen MR) is 118 cm³/mol. The van der Waals surface area contributed by atoms with Crippen LogP contribution in [0.15, 0.2) is 24.4 Å². The Kier molecular flexibility index (Phi) is 6.89. The summed E-state index contributed by atoms with van der Waals surface area (Å²) in [5.41, 5.74) is 2.19. The smallest absolute Gasteiger partial charge is 0.228 e. The Morgan fingerprint density at radius 2 is 1.93 bits per heavy atom. The number of nitrogens with one attached hydrogen (secondary N) is 1. The third kappa shape index (κ3) is 5.33. The monoisotopic (exact) mass is 417 g/mol. The van der Waals surface area contributed by atoms with E-state index in [2.05, 4.69) is 32.7 Å². The quantitative estimate of drug-likeness (QED) is 0.694. The molecule has 158 valence electrons. The summed E-state index contributed by atoms with van der Waals surface area (Å²) in [6.45, 7) is 11.1. The van der Waals surface area contributed by atoms with Gasteiger partial charge in [-0.15, -0.1) is 0 Å². The normalized spacial score (nSPS) is 17.1. The maximum atomic E-state index is 13.1. The van der Waals surface area contributed by atoms with Crippen molar-refractivity contribution in [1.29, 1.82) is 0 Å². The molecule has 1 atom stereocenters. The summed E-state index contributed by atoms with van der Waals surface area (Å²) in [6, 6.07) is 5.79. The number of aromatic nitrogens is 1. The molecule has 0 saturated carbocycles. The number of fused-ring (bicyclic) bond motifs is 1. The SMILES string of the molecule is CC(C)CN(CC(C)C)C(=O)C1CC(=O)N(CCc2c[nH]c3ccc(Cl)cc23)C1. The highest BCUT2D eigenvalue weighted by Crippen LogP contribution is 2.25. The van der Waals surface area contributed by atoms with Crippen LogP contribution >= 0.6 is 11.6 Å². The van der Waals surface area contributed by atoms with Gasteiger partial charge in [0, 0.05) is 54.7 Å². The Hall–Kier alpha value is -2.01. The van der Waals surface area contributed by atoms with E-state index < -0.39 is 0 Å². The average Bonchev–Trinajstić information content (AvgIpc) is 3.21. The number of carbonyl (C=O) groups excluding carboxylic acids is 2. The first-order valence-electron chi connectivity index (χ1n) is 10.6. The minimum Gasteiger partial charge on any atom is -0.361 e.